The van der Waals surface area contributed by atoms with Gasteiger partial charge in [0.15, 0.2) is 0 Å². The average Bonchev–Trinajstić information content (AvgIpc) is 2.47. The van der Waals surface area contributed by atoms with Crippen LogP contribution in [0.1, 0.15) is 20.3 Å². The van der Waals surface area contributed by atoms with Gasteiger partial charge in [0, 0.05) is 0 Å². The molecule has 0 aliphatic carbocycles. The lowest BCUT2D eigenvalue weighted by molar-refractivity contribution is 1.28. The summed E-state index contributed by atoms with van der Waals surface area (Å²) in [5.41, 5.74) is 0.852. The van der Waals surface area contributed by atoms with Gasteiger partial charge >= 0.3 is 0 Å². The van der Waals surface area contributed by atoms with Gasteiger partial charge in [-0.15, -0.1) is 0 Å². The lowest BCUT2D eigenvalue weighted by atomic mass is 9.86. The highest BCUT2D eigenvalue weighted by molar-refractivity contribution is 6.41. The first kappa shape index (κ1) is 13.0. The van der Waals surface area contributed by atoms with Crippen molar-refractivity contribution in [1.29, 1.82) is 0 Å². The lowest BCUT2D eigenvalue weighted by Crippen LogP contribution is -2.25. The molecule has 0 unspecified atom stereocenters. The molecular formula is C19H17B. The van der Waals surface area contributed by atoms with Crippen molar-refractivity contribution >= 4 is 47.0 Å². The molecule has 3 aromatic rings. The molecule has 0 heterocycles. The maximum Gasteiger partial charge on any atom is 0.114 e. The van der Waals surface area contributed by atoms with E-state index in [9.17, 15) is 0 Å². The fourth-order valence-electron chi connectivity index (χ4n) is 2.85. The third-order valence-corrected chi connectivity index (χ3v) is 3.83. The number of hydrogen-bond donors (Lipinski definition) is 0. The normalized spacial score (nSPS) is 13.5. The van der Waals surface area contributed by atoms with Gasteiger partial charge in [-0.25, -0.2) is 0 Å². The molecule has 0 saturated heterocycles. The summed E-state index contributed by atoms with van der Waals surface area (Å²) in [6.45, 7) is 4.24. The quantitative estimate of drug-likeness (QED) is 0.464. The van der Waals surface area contributed by atoms with E-state index in [1.807, 2.05) is 0 Å². The summed E-state index contributed by atoms with van der Waals surface area (Å²) in [4.78, 5) is 0. The van der Waals surface area contributed by atoms with E-state index in [-0.39, 0.29) is 0 Å². The molecule has 1 heteroatoms. The first-order valence-corrected chi connectivity index (χ1v) is 7.12. The Morgan fingerprint density at radius 2 is 1.70 bits per heavy atom. The zero-order valence-electron chi connectivity index (χ0n) is 12.0. The van der Waals surface area contributed by atoms with Crippen LogP contribution in [0.2, 0.25) is 0 Å². The summed E-state index contributed by atoms with van der Waals surface area (Å²) >= 11 is 0. The summed E-state index contributed by atoms with van der Waals surface area (Å²) in [5.74, 6) is 0. The maximum atomic E-state index is 6.25. The molecule has 0 aromatic heterocycles. The van der Waals surface area contributed by atoms with Crippen LogP contribution < -0.4 is 15.9 Å². The van der Waals surface area contributed by atoms with E-state index in [0.717, 1.165) is 17.3 Å². The molecule has 3 aromatic carbocycles. The Kier molecular flexibility index (Phi) is 3.36. The molecular weight excluding hydrogens is 239 g/mol. The van der Waals surface area contributed by atoms with Gasteiger partial charge in [0.25, 0.3) is 0 Å². The molecule has 0 saturated carbocycles. The van der Waals surface area contributed by atoms with Gasteiger partial charge in [0.2, 0.25) is 0 Å². The Bertz CT molecular complexity index is 904. The van der Waals surface area contributed by atoms with E-state index in [1.54, 1.807) is 0 Å². The molecule has 20 heavy (non-hydrogen) atoms. The minimum atomic E-state index is 0.852. The van der Waals surface area contributed by atoms with Crippen LogP contribution in [-0.2, 0) is 0 Å². The molecule has 96 valence electrons. The van der Waals surface area contributed by atoms with E-state index < -0.39 is 0 Å². The van der Waals surface area contributed by atoms with Gasteiger partial charge in [0.05, 0.1) is 0 Å². The summed E-state index contributed by atoms with van der Waals surface area (Å²) < 4.78 is 0. The van der Waals surface area contributed by atoms with E-state index >= 15 is 0 Å². The standard InChI is InChI=1S/C19H17B/c1-3-7-14-11-17-16-9-6-5-8-15(16)12-19(20)18(17)10-13(14)4-2/h4-12H,3H2,1-2H3/b13-4-,14-7-. The third kappa shape index (κ3) is 2.04. The van der Waals surface area contributed by atoms with Crippen LogP contribution in [0.15, 0.2) is 42.5 Å². The second-order valence-corrected chi connectivity index (χ2v) is 5.11. The first-order valence-electron chi connectivity index (χ1n) is 7.12. The van der Waals surface area contributed by atoms with Crippen molar-refractivity contribution in [2.45, 2.75) is 20.3 Å². The zero-order valence-corrected chi connectivity index (χ0v) is 12.0. The van der Waals surface area contributed by atoms with Crippen molar-refractivity contribution in [2.24, 2.45) is 0 Å². The van der Waals surface area contributed by atoms with Gasteiger partial charge in [0.1, 0.15) is 7.85 Å². The highest BCUT2D eigenvalue weighted by Gasteiger charge is 2.03. The smallest absolute Gasteiger partial charge is 0.0883 e. The summed E-state index contributed by atoms with van der Waals surface area (Å²) in [5, 5.41) is 7.40. The fourth-order valence-corrected chi connectivity index (χ4v) is 2.85. The molecule has 0 fully saturated rings. The fraction of sp³-hybridized carbons (Fsp3) is 0.158. The highest BCUT2D eigenvalue weighted by Crippen LogP contribution is 2.21. The van der Waals surface area contributed by atoms with Crippen molar-refractivity contribution in [3.05, 3.63) is 52.9 Å². The van der Waals surface area contributed by atoms with Gasteiger partial charge in [-0.1, -0.05) is 54.9 Å². The molecule has 2 radical (unpaired) electrons. The summed E-state index contributed by atoms with van der Waals surface area (Å²) in [6, 6.07) is 15.0. The Morgan fingerprint density at radius 3 is 2.45 bits per heavy atom. The Morgan fingerprint density at radius 1 is 0.950 bits per heavy atom. The predicted molar refractivity (Wildman–Crippen MR) is 91.0 cm³/mol. The van der Waals surface area contributed by atoms with Gasteiger partial charge in [-0.2, -0.15) is 0 Å². The number of fused-ring (bicyclic) bond motifs is 3. The van der Waals surface area contributed by atoms with Gasteiger partial charge in [-0.05, 0) is 57.5 Å². The van der Waals surface area contributed by atoms with Crippen molar-refractivity contribution in [2.75, 3.05) is 0 Å². The Balaban J connectivity index is 2.59. The highest BCUT2D eigenvalue weighted by atomic mass is 14.1. The molecule has 0 amide bonds. The second-order valence-electron chi connectivity index (χ2n) is 5.11. The van der Waals surface area contributed by atoms with Crippen LogP contribution >= 0.6 is 0 Å². The average molecular weight is 256 g/mol. The molecule has 0 aliphatic rings. The van der Waals surface area contributed by atoms with E-state index in [2.05, 4.69) is 68.5 Å². The zero-order chi connectivity index (χ0) is 14.1. The van der Waals surface area contributed by atoms with E-state index in [1.165, 1.54) is 26.6 Å². The third-order valence-electron chi connectivity index (χ3n) is 3.83. The maximum absolute atomic E-state index is 6.25. The van der Waals surface area contributed by atoms with Crippen molar-refractivity contribution in [1.82, 2.24) is 0 Å². The number of rotatable bonds is 1. The van der Waals surface area contributed by atoms with Crippen LogP contribution in [0.3, 0.4) is 0 Å². The molecule has 3 rings (SSSR count). The van der Waals surface area contributed by atoms with Gasteiger partial charge in [-0.3, -0.25) is 0 Å². The van der Waals surface area contributed by atoms with E-state index in [4.69, 9.17) is 7.85 Å². The monoisotopic (exact) mass is 256 g/mol. The molecule has 0 nitrogen and oxygen atoms in total. The van der Waals surface area contributed by atoms with Crippen LogP contribution in [-0.4, -0.2) is 7.85 Å². The minimum Gasteiger partial charge on any atom is -0.0883 e. The van der Waals surface area contributed by atoms with Crippen molar-refractivity contribution < 1.29 is 0 Å². The largest absolute Gasteiger partial charge is 0.114 e. The predicted octanol–water partition coefficient (Wildman–Crippen LogP) is 2.78. The van der Waals surface area contributed by atoms with Crippen LogP contribution in [0.5, 0.6) is 0 Å². The SMILES string of the molecule is [B]c1cc2ccccc2c2cc(=C/CC)/c(=C\C)cc12. The molecule has 0 aliphatic heterocycles. The number of benzene rings is 3. The van der Waals surface area contributed by atoms with Crippen molar-refractivity contribution in [3.8, 4) is 0 Å². The van der Waals surface area contributed by atoms with E-state index in [0.29, 0.717) is 0 Å². The van der Waals surface area contributed by atoms with Crippen molar-refractivity contribution in [3.63, 3.8) is 0 Å². The van der Waals surface area contributed by atoms with Crippen LogP contribution in [0.25, 0.3) is 33.7 Å². The molecule has 0 bridgehead atoms. The molecule has 0 atom stereocenters. The van der Waals surface area contributed by atoms with Crippen LogP contribution in [0, 0.1) is 0 Å². The summed E-state index contributed by atoms with van der Waals surface area (Å²) in [6.07, 6.45) is 5.45. The summed E-state index contributed by atoms with van der Waals surface area (Å²) in [7, 11) is 6.25. The van der Waals surface area contributed by atoms with Crippen LogP contribution in [0.4, 0.5) is 0 Å². The van der Waals surface area contributed by atoms with Gasteiger partial charge < -0.3 is 0 Å². The number of hydrogen-bond acceptors (Lipinski definition) is 0. The Labute approximate surface area is 120 Å². The first-order chi connectivity index (χ1) is 9.74. The lowest BCUT2D eigenvalue weighted by Gasteiger charge is -2.08. The molecule has 0 N–H and O–H groups in total. The molecule has 0 spiro atoms. The second kappa shape index (κ2) is 5.17. The topological polar surface area (TPSA) is 0 Å². The Hall–Kier alpha value is -2.02. The minimum absolute atomic E-state index is 0.852.